The van der Waals surface area contributed by atoms with E-state index in [1.807, 2.05) is 0 Å². The molecule has 1 aliphatic rings. The standard InChI is InChI=1S/C17H17ClN2O2S/c1-9-6-7-13-11(8-9)14(15(19)21)17(23-13)20-16(22)10-4-2-3-5-12(10)18/h2-5,9H,6-8H2,1H3,(H2,19,21)(H,20,22). The highest BCUT2D eigenvalue weighted by atomic mass is 35.5. The topological polar surface area (TPSA) is 72.2 Å². The largest absolute Gasteiger partial charge is 0.365 e. The van der Waals surface area contributed by atoms with Crippen molar-refractivity contribution in [1.29, 1.82) is 0 Å². The molecule has 1 heterocycles. The number of halogens is 1. The Morgan fingerprint density at radius 1 is 1.35 bits per heavy atom. The Balaban J connectivity index is 1.96. The van der Waals surface area contributed by atoms with Crippen LogP contribution in [0.2, 0.25) is 5.02 Å². The van der Waals surface area contributed by atoms with Gasteiger partial charge in [-0.3, -0.25) is 9.59 Å². The molecule has 1 aromatic heterocycles. The van der Waals surface area contributed by atoms with E-state index in [0.29, 0.717) is 27.1 Å². The van der Waals surface area contributed by atoms with Crippen LogP contribution in [0.4, 0.5) is 5.00 Å². The van der Waals surface area contributed by atoms with E-state index in [-0.39, 0.29) is 5.91 Å². The smallest absolute Gasteiger partial charge is 0.257 e. The second kappa shape index (κ2) is 6.34. The van der Waals surface area contributed by atoms with Gasteiger partial charge in [0, 0.05) is 4.88 Å². The number of amides is 2. The fourth-order valence-corrected chi connectivity index (χ4v) is 4.39. The predicted octanol–water partition coefficient (Wildman–Crippen LogP) is 3.88. The molecule has 120 valence electrons. The van der Waals surface area contributed by atoms with Crippen molar-refractivity contribution < 1.29 is 9.59 Å². The number of hydrogen-bond acceptors (Lipinski definition) is 3. The summed E-state index contributed by atoms with van der Waals surface area (Å²) in [7, 11) is 0. The lowest BCUT2D eigenvalue weighted by atomic mass is 9.87. The van der Waals surface area contributed by atoms with Crippen LogP contribution in [0.1, 0.15) is 44.5 Å². The number of fused-ring (bicyclic) bond motifs is 1. The van der Waals surface area contributed by atoms with Gasteiger partial charge in [0.15, 0.2) is 0 Å². The number of nitrogens with one attached hydrogen (secondary N) is 1. The fraction of sp³-hybridized carbons (Fsp3) is 0.294. The van der Waals surface area contributed by atoms with Crippen LogP contribution in [0.3, 0.4) is 0 Å². The number of aryl methyl sites for hydroxylation is 1. The van der Waals surface area contributed by atoms with Crippen LogP contribution in [-0.4, -0.2) is 11.8 Å². The summed E-state index contributed by atoms with van der Waals surface area (Å²) in [5.41, 5.74) is 7.39. The third-order valence-corrected chi connectivity index (χ3v) is 5.64. The number of carbonyl (C=O) groups is 2. The number of benzene rings is 1. The van der Waals surface area contributed by atoms with Crippen molar-refractivity contribution in [1.82, 2.24) is 0 Å². The van der Waals surface area contributed by atoms with Gasteiger partial charge in [-0.25, -0.2) is 0 Å². The number of anilines is 1. The number of primary amides is 1. The molecule has 0 saturated carbocycles. The van der Waals surface area contributed by atoms with Crippen molar-refractivity contribution in [2.24, 2.45) is 11.7 Å². The van der Waals surface area contributed by atoms with Gasteiger partial charge in [-0.2, -0.15) is 0 Å². The first-order valence-corrected chi connectivity index (χ1v) is 8.67. The van der Waals surface area contributed by atoms with Gasteiger partial charge < -0.3 is 11.1 Å². The van der Waals surface area contributed by atoms with Crippen molar-refractivity contribution >= 4 is 39.8 Å². The predicted molar refractivity (Wildman–Crippen MR) is 93.4 cm³/mol. The lowest BCUT2D eigenvalue weighted by Crippen LogP contribution is -2.20. The molecule has 1 aromatic carbocycles. The molecule has 23 heavy (non-hydrogen) atoms. The Kier molecular flexibility index (Phi) is 4.41. The molecule has 4 nitrogen and oxygen atoms in total. The van der Waals surface area contributed by atoms with Gasteiger partial charge >= 0.3 is 0 Å². The maximum Gasteiger partial charge on any atom is 0.257 e. The fourth-order valence-electron chi connectivity index (χ4n) is 2.92. The Bertz CT molecular complexity index is 785. The first-order valence-electron chi connectivity index (χ1n) is 7.47. The molecule has 3 N–H and O–H groups in total. The van der Waals surface area contributed by atoms with E-state index >= 15 is 0 Å². The monoisotopic (exact) mass is 348 g/mol. The maximum absolute atomic E-state index is 12.4. The molecule has 1 atom stereocenters. The molecule has 0 saturated heterocycles. The van der Waals surface area contributed by atoms with Crippen molar-refractivity contribution in [3.8, 4) is 0 Å². The second-order valence-electron chi connectivity index (χ2n) is 5.85. The van der Waals surface area contributed by atoms with Crippen LogP contribution in [-0.2, 0) is 12.8 Å². The SMILES string of the molecule is CC1CCc2sc(NC(=O)c3ccccc3Cl)c(C(N)=O)c2C1. The highest BCUT2D eigenvalue weighted by molar-refractivity contribution is 7.17. The molecule has 1 unspecified atom stereocenters. The molecule has 1 aliphatic carbocycles. The third-order valence-electron chi connectivity index (χ3n) is 4.10. The van der Waals surface area contributed by atoms with Crippen LogP contribution in [0, 0.1) is 5.92 Å². The Morgan fingerprint density at radius 2 is 2.09 bits per heavy atom. The average Bonchev–Trinajstić information content (AvgIpc) is 2.84. The van der Waals surface area contributed by atoms with Crippen LogP contribution < -0.4 is 11.1 Å². The number of nitrogens with two attached hydrogens (primary N) is 1. The van der Waals surface area contributed by atoms with Crippen LogP contribution in [0.15, 0.2) is 24.3 Å². The van der Waals surface area contributed by atoms with Gasteiger partial charge in [-0.05, 0) is 42.9 Å². The van der Waals surface area contributed by atoms with Gasteiger partial charge in [0.25, 0.3) is 11.8 Å². The summed E-state index contributed by atoms with van der Waals surface area (Å²) >= 11 is 7.50. The summed E-state index contributed by atoms with van der Waals surface area (Å²) in [6.07, 6.45) is 2.83. The summed E-state index contributed by atoms with van der Waals surface area (Å²) in [5.74, 6) is -0.307. The van der Waals surface area contributed by atoms with Crippen LogP contribution in [0.25, 0.3) is 0 Å². The maximum atomic E-state index is 12.4. The minimum atomic E-state index is -0.494. The van der Waals surface area contributed by atoms with E-state index in [1.54, 1.807) is 24.3 Å². The molecule has 0 radical (unpaired) electrons. The van der Waals surface area contributed by atoms with Gasteiger partial charge in [-0.1, -0.05) is 30.7 Å². The minimum absolute atomic E-state index is 0.329. The van der Waals surface area contributed by atoms with Gasteiger partial charge in [0.05, 0.1) is 16.1 Å². The number of carbonyl (C=O) groups excluding carboxylic acids is 2. The van der Waals surface area contributed by atoms with Crippen molar-refractivity contribution in [3.05, 3.63) is 50.9 Å². The summed E-state index contributed by atoms with van der Waals surface area (Å²) in [6, 6.07) is 6.82. The quantitative estimate of drug-likeness (QED) is 0.883. The molecule has 2 amide bonds. The zero-order valence-electron chi connectivity index (χ0n) is 12.7. The van der Waals surface area contributed by atoms with Crippen molar-refractivity contribution in [2.75, 3.05) is 5.32 Å². The summed E-state index contributed by atoms with van der Waals surface area (Å²) in [4.78, 5) is 25.5. The molecule has 2 aromatic rings. The van der Waals surface area contributed by atoms with E-state index in [1.165, 1.54) is 11.3 Å². The molecule has 0 spiro atoms. The van der Waals surface area contributed by atoms with E-state index in [4.69, 9.17) is 17.3 Å². The lowest BCUT2D eigenvalue weighted by Gasteiger charge is -2.18. The highest BCUT2D eigenvalue weighted by Crippen LogP contribution is 2.39. The van der Waals surface area contributed by atoms with Crippen molar-refractivity contribution in [3.63, 3.8) is 0 Å². The molecular formula is C17H17ClN2O2S. The van der Waals surface area contributed by atoms with E-state index < -0.39 is 5.91 Å². The molecule has 3 rings (SSSR count). The van der Waals surface area contributed by atoms with E-state index in [2.05, 4.69) is 12.2 Å². The van der Waals surface area contributed by atoms with E-state index in [0.717, 1.165) is 29.7 Å². The number of rotatable bonds is 3. The Morgan fingerprint density at radius 3 is 2.78 bits per heavy atom. The summed E-state index contributed by atoms with van der Waals surface area (Å²) in [6.45, 7) is 2.16. The van der Waals surface area contributed by atoms with Crippen LogP contribution in [0.5, 0.6) is 0 Å². The Labute approximate surface area is 143 Å². The number of hydrogen-bond donors (Lipinski definition) is 2. The first kappa shape index (κ1) is 16.0. The molecule has 0 aliphatic heterocycles. The van der Waals surface area contributed by atoms with Gasteiger partial charge in [-0.15, -0.1) is 11.3 Å². The van der Waals surface area contributed by atoms with Gasteiger partial charge in [0.1, 0.15) is 5.00 Å². The molecule has 0 bridgehead atoms. The molecular weight excluding hydrogens is 332 g/mol. The lowest BCUT2D eigenvalue weighted by molar-refractivity contribution is 0.1000. The zero-order valence-corrected chi connectivity index (χ0v) is 14.3. The highest BCUT2D eigenvalue weighted by Gasteiger charge is 2.27. The van der Waals surface area contributed by atoms with Gasteiger partial charge in [0.2, 0.25) is 0 Å². The second-order valence-corrected chi connectivity index (χ2v) is 7.37. The van der Waals surface area contributed by atoms with Crippen molar-refractivity contribution in [2.45, 2.75) is 26.2 Å². The normalized spacial score (nSPS) is 16.7. The van der Waals surface area contributed by atoms with Crippen LogP contribution >= 0.6 is 22.9 Å². The summed E-state index contributed by atoms with van der Waals surface area (Å²) < 4.78 is 0. The molecule has 0 fully saturated rings. The Hall–Kier alpha value is -1.85. The minimum Gasteiger partial charge on any atom is -0.365 e. The number of thiophene rings is 1. The summed E-state index contributed by atoms with van der Waals surface area (Å²) in [5, 5.41) is 3.72. The first-order chi connectivity index (χ1) is 11.0. The third kappa shape index (κ3) is 3.12. The van der Waals surface area contributed by atoms with E-state index in [9.17, 15) is 9.59 Å². The molecule has 6 heteroatoms. The zero-order chi connectivity index (χ0) is 16.6. The average molecular weight is 349 g/mol.